The average Bonchev–Trinajstić information content (AvgIpc) is 3.07. The van der Waals surface area contributed by atoms with E-state index in [1.54, 1.807) is 11.1 Å². The first kappa shape index (κ1) is 26.6. The Balaban J connectivity index is 1.88. The number of unbranched alkanes of at least 4 members (excludes halogenated alkanes) is 10. The number of halogens is 2. The van der Waals surface area contributed by atoms with E-state index in [0.29, 0.717) is 0 Å². The van der Waals surface area contributed by atoms with Crippen LogP contribution in [0.1, 0.15) is 115 Å². The van der Waals surface area contributed by atoms with Crippen molar-refractivity contribution in [2.45, 2.75) is 109 Å². The first-order valence-corrected chi connectivity index (χ1v) is 16.8. The summed E-state index contributed by atoms with van der Waals surface area (Å²) in [6, 6.07) is 14.2. The second-order valence-electron chi connectivity index (χ2n) is 9.82. The molecule has 1 aliphatic rings. The van der Waals surface area contributed by atoms with Crippen molar-refractivity contribution in [1.82, 2.24) is 0 Å². The van der Waals surface area contributed by atoms with Crippen molar-refractivity contribution in [2.24, 2.45) is 0 Å². The van der Waals surface area contributed by atoms with E-state index in [1.165, 1.54) is 109 Å². The van der Waals surface area contributed by atoms with Crippen LogP contribution in [0.3, 0.4) is 0 Å². The molecule has 3 rings (SSSR count). The van der Waals surface area contributed by atoms with Gasteiger partial charge >= 0.3 is 19.3 Å². The topological polar surface area (TPSA) is 0 Å². The Bertz CT molecular complexity index is 831. The molecule has 2 aromatic rings. The number of benzene rings is 2. The van der Waals surface area contributed by atoms with Crippen molar-refractivity contribution in [1.29, 1.82) is 0 Å². The maximum Gasteiger partial charge on any atom is 0.538 e. The summed E-state index contributed by atoms with van der Waals surface area (Å²) in [6.07, 6.45) is 18.9. The van der Waals surface area contributed by atoms with Gasteiger partial charge in [0.2, 0.25) is 0 Å². The summed E-state index contributed by atoms with van der Waals surface area (Å²) < 4.78 is 2.61. The van der Waals surface area contributed by atoms with E-state index in [2.05, 4.69) is 66.2 Å². The maximum atomic E-state index is 6.44. The second kappa shape index (κ2) is 13.8. The van der Waals surface area contributed by atoms with Gasteiger partial charge in [-0.15, -0.1) is 3.69 Å². The summed E-state index contributed by atoms with van der Waals surface area (Å²) >= 11 is 3.12. The van der Waals surface area contributed by atoms with Gasteiger partial charge in [0.15, 0.2) is 0 Å². The highest BCUT2D eigenvalue weighted by Crippen LogP contribution is 2.54. The predicted molar refractivity (Wildman–Crippen MR) is 148 cm³/mol. The predicted octanol–water partition coefficient (Wildman–Crippen LogP) is 9.70. The molecule has 0 spiro atoms. The highest BCUT2D eigenvalue weighted by molar-refractivity contribution is 9.10. The highest BCUT2D eigenvalue weighted by atomic mass is 79.9. The molecule has 0 heterocycles. The Kier molecular flexibility index (Phi) is 11.4. The lowest BCUT2D eigenvalue weighted by atomic mass is 9.70. The lowest BCUT2D eigenvalue weighted by molar-refractivity contribution is 0.398. The summed E-state index contributed by atoms with van der Waals surface area (Å²) in [5.74, 6) is 0. The molecule has 0 saturated carbocycles. The van der Waals surface area contributed by atoms with Crippen molar-refractivity contribution in [3.63, 3.8) is 0 Å². The largest absolute Gasteiger partial charge is 0.538 e. The molecule has 0 fully saturated rings. The Hall–Kier alpha value is -0.0238. The number of rotatable bonds is 15. The van der Waals surface area contributed by atoms with E-state index >= 15 is 0 Å². The molecule has 2 aromatic carbocycles. The van der Waals surface area contributed by atoms with Crippen molar-refractivity contribution in [2.75, 3.05) is 0 Å². The van der Waals surface area contributed by atoms with Gasteiger partial charge in [0.05, 0.1) is 0 Å². The molecule has 0 unspecified atom stereocenters. The van der Waals surface area contributed by atoms with Gasteiger partial charge in [-0.25, -0.2) is 0 Å². The van der Waals surface area contributed by atoms with E-state index in [1.807, 2.05) is 0 Å². The van der Waals surface area contributed by atoms with E-state index in [-0.39, 0.29) is 5.41 Å². The Morgan fingerprint density at radius 1 is 0.688 bits per heavy atom. The van der Waals surface area contributed by atoms with Crippen molar-refractivity contribution < 1.29 is 0 Å². The van der Waals surface area contributed by atoms with E-state index < -0.39 is 19.3 Å². The molecule has 0 amide bonds. The quantitative estimate of drug-likeness (QED) is 0.160. The molecule has 0 atom stereocenters. The molecule has 0 bridgehead atoms. The summed E-state index contributed by atoms with van der Waals surface area (Å²) in [4.78, 5) is 0. The zero-order chi connectivity index (χ0) is 22.8. The minimum absolute atomic E-state index is 0.167. The third-order valence-electron chi connectivity index (χ3n) is 7.46. The van der Waals surface area contributed by atoms with Crippen LogP contribution in [0.25, 0.3) is 11.1 Å². The number of fused-ring (bicyclic) bond motifs is 3. The molecule has 3 heteroatoms. The van der Waals surface area contributed by atoms with Gasteiger partial charge in [-0.1, -0.05) is 131 Å². The molecule has 1 aliphatic carbocycles. The Morgan fingerprint density at radius 2 is 1.19 bits per heavy atom. The molecule has 172 valence electrons. The van der Waals surface area contributed by atoms with Crippen LogP contribution in [0.2, 0.25) is 0 Å². The monoisotopic (exact) mass is 526 g/mol. The van der Waals surface area contributed by atoms with Gasteiger partial charge in [0, 0.05) is 9.89 Å². The minimum Gasteiger partial charge on any atom is -0.336 e. The van der Waals surface area contributed by atoms with Gasteiger partial charge in [-0.2, -0.15) is 0 Å². The Labute approximate surface area is 218 Å². The summed E-state index contributed by atoms with van der Waals surface area (Å²) in [5, 5.41) is 0. The summed E-state index contributed by atoms with van der Waals surface area (Å²) in [5.41, 5.74) is 6.24. The first-order valence-electron chi connectivity index (χ1n) is 13.2. The second-order valence-corrected chi connectivity index (χ2v) is 12.6. The molecule has 0 saturated heterocycles. The van der Waals surface area contributed by atoms with Crippen LogP contribution < -0.4 is 3.69 Å². The third-order valence-corrected chi connectivity index (χ3v) is 9.62. The molecule has 0 nitrogen and oxygen atoms in total. The van der Waals surface area contributed by atoms with Gasteiger partial charge in [0.25, 0.3) is 0 Å². The average molecular weight is 528 g/mol. The first-order chi connectivity index (χ1) is 15.7. The number of hydrogen-bond donors (Lipinski definition) is 0. The van der Waals surface area contributed by atoms with Crippen LogP contribution in [-0.4, -0.2) is 19.3 Å². The van der Waals surface area contributed by atoms with Crippen LogP contribution in [-0.2, 0) is 5.41 Å². The molecular formula is C29H40BrClMg. The van der Waals surface area contributed by atoms with Crippen molar-refractivity contribution in [3.05, 3.63) is 52.0 Å². The molecular weight excluding hydrogens is 488 g/mol. The molecule has 32 heavy (non-hydrogen) atoms. The van der Waals surface area contributed by atoms with Crippen LogP contribution in [0.4, 0.5) is 0 Å². The minimum atomic E-state index is -0.673. The Morgan fingerprint density at radius 3 is 1.75 bits per heavy atom. The van der Waals surface area contributed by atoms with Gasteiger partial charge < -0.3 is 9.07 Å². The van der Waals surface area contributed by atoms with Crippen LogP contribution >= 0.6 is 25.0 Å². The highest BCUT2D eigenvalue weighted by Gasteiger charge is 2.42. The lowest BCUT2D eigenvalue weighted by Crippen LogP contribution is -2.27. The van der Waals surface area contributed by atoms with Gasteiger partial charge in [-0.05, 0) is 47.2 Å². The van der Waals surface area contributed by atoms with Crippen molar-refractivity contribution in [3.8, 4) is 11.1 Å². The van der Waals surface area contributed by atoms with E-state index in [9.17, 15) is 0 Å². The smallest absolute Gasteiger partial charge is 0.336 e. The molecule has 0 aliphatic heterocycles. The standard InChI is InChI=1S/C29H40Br.ClH.Mg/c1-3-5-7-9-11-15-21-29(22-16-12-10-8-6-4-2)27-18-14-13-17-25(27)26-20-19-24(30)23-28(26)29;;/h13,17-20,23H,3-12,15-16,21-22H2,1-2H3;1H;/q;;+1/p-1. The third kappa shape index (κ3) is 6.55. The van der Waals surface area contributed by atoms with Crippen LogP contribution in [0.5, 0.6) is 0 Å². The fourth-order valence-electron chi connectivity index (χ4n) is 5.68. The maximum absolute atomic E-state index is 6.44. The van der Waals surface area contributed by atoms with Crippen LogP contribution in [0.15, 0.2) is 40.9 Å². The molecule has 0 radical (unpaired) electrons. The summed E-state index contributed by atoms with van der Waals surface area (Å²) in [6.45, 7) is 4.61. The zero-order valence-corrected chi connectivity index (χ0v) is 24.1. The van der Waals surface area contributed by atoms with E-state index in [4.69, 9.17) is 9.07 Å². The lowest BCUT2D eigenvalue weighted by Gasteiger charge is -2.33. The van der Waals surface area contributed by atoms with Crippen LogP contribution in [0, 0.1) is 0 Å². The van der Waals surface area contributed by atoms with Gasteiger partial charge in [0.1, 0.15) is 0 Å². The van der Waals surface area contributed by atoms with Gasteiger partial charge in [-0.3, -0.25) is 0 Å². The number of hydrogen-bond acceptors (Lipinski definition) is 0. The van der Waals surface area contributed by atoms with E-state index in [0.717, 1.165) is 0 Å². The molecule has 0 N–H and O–H groups in total. The fraction of sp³-hybridized carbons (Fsp3) is 0.586. The summed E-state index contributed by atoms with van der Waals surface area (Å²) in [7, 11) is 6.44. The van der Waals surface area contributed by atoms with Crippen molar-refractivity contribution >= 4 is 48.0 Å². The molecule has 0 aromatic heterocycles. The SMILES string of the molecule is CCCCCCCCC1(CCCCCCCC)c2cc(Br)ccc2-c2cc[c]([Mg][Cl])cc21. The normalized spacial score (nSPS) is 13.6. The zero-order valence-electron chi connectivity index (χ0n) is 20.3. The fourth-order valence-corrected chi connectivity index (χ4v) is 7.02.